The normalized spacial score (nSPS) is 12.6. The highest BCUT2D eigenvalue weighted by Crippen LogP contribution is 2.18. The van der Waals surface area contributed by atoms with Crippen molar-refractivity contribution in [3.8, 4) is 0 Å². The second-order valence-electron chi connectivity index (χ2n) is 4.58. The van der Waals surface area contributed by atoms with Gasteiger partial charge in [0.05, 0.1) is 17.9 Å². The van der Waals surface area contributed by atoms with Crippen LogP contribution in [0.3, 0.4) is 0 Å². The van der Waals surface area contributed by atoms with E-state index < -0.39 is 11.6 Å². The van der Waals surface area contributed by atoms with Crippen molar-refractivity contribution in [2.24, 2.45) is 5.84 Å². The number of aryl methyl sites for hydroxylation is 1. The molecule has 0 aliphatic rings. The number of halogens is 2. The molecule has 1 heterocycles. The third kappa shape index (κ3) is 3.37. The highest BCUT2D eigenvalue weighted by atomic mass is 19.1. The molecule has 20 heavy (non-hydrogen) atoms. The van der Waals surface area contributed by atoms with Gasteiger partial charge in [-0.25, -0.2) is 13.5 Å². The predicted octanol–water partition coefficient (Wildman–Crippen LogP) is 1.71. The summed E-state index contributed by atoms with van der Waals surface area (Å²) in [4.78, 5) is 0. The Kier molecular flexibility index (Phi) is 4.75. The van der Waals surface area contributed by atoms with Gasteiger partial charge in [0.2, 0.25) is 0 Å². The van der Waals surface area contributed by atoms with Crippen molar-refractivity contribution in [2.45, 2.75) is 32.4 Å². The summed E-state index contributed by atoms with van der Waals surface area (Å²) in [5.74, 6) is 4.34. The van der Waals surface area contributed by atoms with Gasteiger partial charge in [0, 0.05) is 12.6 Å². The quantitative estimate of drug-likeness (QED) is 0.625. The number of hydrazine groups is 1. The van der Waals surface area contributed by atoms with Gasteiger partial charge >= 0.3 is 0 Å². The third-order valence-corrected chi connectivity index (χ3v) is 3.00. The molecule has 108 valence electrons. The monoisotopic (exact) mass is 281 g/mol. The van der Waals surface area contributed by atoms with Crippen LogP contribution in [-0.4, -0.2) is 15.0 Å². The molecule has 0 bridgehead atoms. The van der Waals surface area contributed by atoms with Crippen LogP contribution in [0.2, 0.25) is 0 Å². The van der Waals surface area contributed by atoms with Crippen LogP contribution in [0.15, 0.2) is 24.4 Å². The smallest absolute Gasteiger partial charge is 0.126 e. The second-order valence-corrected chi connectivity index (χ2v) is 4.58. The first-order chi connectivity index (χ1) is 9.63. The summed E-state index contributed by atoms with van der Waals surface area (Å²) in [5, 5.41) is 7.83. The summed E-state index contributed by atoms with van der Waals surface area (Å²) < 4.78 is 28.1. The van der Waals surface area contributed by atoms with Crippen molar-refractivity contribution in [1.29, 1.82) is 0 Å². The molecule has 0 saturated heterocycles. The number of hydrogen-bond acceptors (Lipinski definition) is 4. The maximum atomic E-state index is 13.2. The highest BCUT2D eigenvalue weighted by molar-refractivity contribution is 5.20. The molecule has 0 aliphatic heterocycles. The maximum absolute atomic E-state index is 13.2. The maximum Gasteiger partial charge on any atom is 0.126 e. The summed E-state index contributed by atoms with van der Waals surface area (Å²) in [6.07, 6.45) is 2.86. The average molecular weight is 281 g/mol. The first-order valence-electron chi connectivity index (χ1n) is 6.43. The van der Waals surface area contributed by atoms with E-state index in [0.717, 1.165) is 18.2 Å². The summed E-state index contributed by atoms with van der Waals surface area (Å²) in [5.41, 5.74) is 3.96. The van der Waals surface area contributed by atoms with E-state index >= 15 is 0 Å². The van der Waals surface area contributed by atoms with E-state index in [1.807, 2.05) is 6.92 Å². The van der Waals surface area contributed by atoms with Gasteiger partial charge in [0.15, 0.2) is 0 Å². The number of rotatable bonds is 6. The zero-order valence-electron chi connectivity index (χ0n) is 11.2. The first kappa shape index (κ1) is 14.5. The van der Waals surface area contributed by atoms with Gasteiger partial charge in [-0.2, -0.15) is 0 Å². The van der Waals surface area contributed by atoms with E-state index in [9.17, 15) is 8.78 Å². The standard InChI is InChI=1S/C13H17F2N5/c1-2-3-20-13(8-17-19-20)12(18-16)6-9-4-10(14)7-11(15)5-9/h4-5,7-8,12,18H,2-3,6,16H2,1H3. The van der Waals surface area contributed by atoms with Crippen LogP contribution in [0.5, 0.6) is 0 Å². The fourth-order valence-corrected chi connectivity index (χ4v) is 2.13. The van der Waals surface area contributed by atoms with E-state index in [1.54, 1.807) is 10.9 Å². The molecule has 2 rings (SSSR count). The molecule has 0 radical (unpaired) electrons. The Morgan fingerprint density at radius 3 is 2.60 bits per heavy atom. The molecule has 1 aromatic carbocycles. The molecule has 0 amide bonds. The Morgan fingerprint density at radius 1 is 1.30 bits per heavy atom. The molecule has 0 aliphatic carbocycles. The van der Waals surface area contributed by atoms with E-state index in [0.29, 0.717) is 18.5 Å². The lowest BCUT2D eigenvalue weighted by Gasteiger charge is -2.17. The van der Waals surface area contributed by atoms with Crippen LogP contribution in [-0.2, 0) is 13.0 Å². The number of nitrogens with zero attached hydrogens (tertiary/aromatic N) is 3. The first-order valence-corrected chi connectivity index (χ1v) is 6.43. The molecular weight excluding hydrogens is 264 g/mol. The minimum atomic E-state index is -0.601. The Labute approximate surface area is 115 Å². The van der Waals surface area contributed by atoms with Crippen molar-refractivity contribution in [3.05, 3.63) is 47.3 Å². The summed E-state index contributed by atoms with van der Waals surface area (Å²) in [6, 6.07) is 3.12. The molecule has 3 N–H and O–H groups in total. The summed E-state index contributed by atoms with van der Waals surface area (Å²) in [7, 11) is 0. The summed E-state index contributed by atoms with van der Waals surface area (Å²) >= 11 is 0. The summed E-state index contributed by atoms with van der Waals surface area (Å²) in [6.45, 7) is 2.74. The lowest BCUT2D eigenvalue weighted by molar-refractivity contribution is 0.472. The molecule has 0 fully saturated rings. The van der Waals surface area contributed by atoms with Gasteiger partial charge in [0.25, 0.3) is 0 Å². The van der Waals surface area contributed by atoms with Gasteiger partial charge in [-0.3, -0.25) is 11.3 Å². The van der Waals surface area contributed by atoms with Gasteiger partial charge in [-0.05, 0) is 30.5 Å². The molecular formula is C13H17F2N5. The molecule has 7 heteroatoms. The number of benzene rings is 1. The Balaban J connectivity index is 2.21. The molecule has 0 saturated carbocycles. The number of nitrogens with two attached hydrogens (primary N) is 1. The van der Waals surface area contributed by atoms with Crippen molar-refractivity contribution in [3.63, 3.8) is 0 Å². The fourth-order valence-electron chi connectivity index (χ4n) is 2.13. The van der Waals surface area contributed by atoms with Crippen molar-refractivity contribution in [2.75, 3.05) is 0 Å². The van der Waals surface area contributed by atoms with Gasteiger partial charge in [-0.15, -0.1) is 5.10 Å². The van der Waals surface area contributed by atoms with E-state index in [1.165, 1.54) is 12.1 Å². The Hall–Kier alpha value is -1.86. The van der Waals surface area contributed by atoms with Crippen LogP contribution in [0.4, 0.5) is 8.78 Å². The minimum Gasteiger partial charge on any atom is -0.271 e. The predicted molar refractivity (Wildman–Crippen MR) is 70.4 cm³/mol. The van der Waals surface area contributed by atoms with Crippen LogP contribution in [0.1, 0.15) is 30.6 Å². The van der Waals surface area contributed by atoms with Crippen molar-refractivity contribution < 1.29 is 8.78 Å². The van der Waals surface area contributed by atoms with Crippen molar-refractivity contribution >= 4 is 0 Å². The molecule has 1 unspecified atom stereocenters. The molecule has 1 aromatic heterocycles. The van der Waals surface area contributed by atoms with Gasteiger partial charge < -0.3 is 0 Å². The topological polar surface area (TPSA) is 68.8 Å². The number of hydrogen-bond donors (Lipinski definition) is 2. The van der Waals surface area contributed by atoms with Crippen LogP contribution >= 0.6 is 0 Å². The third-order valence-electron chi connectivity index (χ3n) is 3.00. The Morgan fingerprint density at radius 2 is 2.00 bits per heavy atom. The second kappa shape index (κ2) is 6.53. The highest BCUT2D eigenvalue weighted by Gasteiger charge is 2.17. The fraction of sp³-hybridized carbons (Fsp3) is 0.385. The number of nitrogens with one attached hydrogen (secondary N) is 1. The van der Waals surface area contributed by atoms with Crippen molar-refractivity contribution in [1.82, 2.24) is 20.4 Å². The van der Waals surface area contributed by atoms with Gasteiger partial charge in [0.1, 0.15) is 11.6 Å². The molecule has 2 aromatic rings. The largest absolute Gasteiger partial charge is 0.271 e. The van der Waals surface area contributed by atoms with Crippen LogP contribution in [0.25, 0.3) is 0 Å². The SMILES string of the molecule is CCCn1nncc1C(Cc1cc(F)cc(F)c1)NN. The molecule has 5 nitrogen and oxygen atoms in total. The molecule has 0 spiro atoms. The van der Waals surface area contributed by atoms with Crippen LogP contribution in [0, 0.1) is 11.6 Å². The van der Waals surface area contributed by atoms with E-state index in [2.05, 4.69) is 15.7 Å². The molecule has 1 atom stereocenters. The average Bonchev–Trinajstić information content (AvgIpc) is 2.83. The van der Waals surface area contributed by atoms with E-state index in [-0.39, 0.29) is 6.04 Å². The Bertz CT molecular complexity index is 549. The van der Waals surface area contributed by atoms with Crippen LogP contribution < -0.4 is 11.3 Å². The zero-order chi connectivity index (χ0) is 14.5. The zero-order valence-corrected chi connectivity index (χ0v) is 11.2. The lowest BCUT2D eigenvalue weighted by Crippen LogP contribution is -2.31. The lowest BCUT2D eigenvalue weighted by atomic mass is 10.0. The minimum absolute atomic E-state index is 0.308. The van der Waals surface area contributed by atoms with Gasteiger partial charge in [-0.1, -0.05) is 12.1 Å². The number of aromatic nitrogens is 3. The van der Waals surface area contributed by atoms with E-state index in [4.69, 9.17) is 5.84 Å².